The number of carboxylic acid groups (broad SMARTS) is 1. The van der Waals surface area contributed by atoms with Crippen LogP contribution in [0.4, 0.5) is 5.69 Å². The lowest BCUT2D eigenvalue weighted by atomic mass is 9.91. The van der Waals surface area contributed by atoms with E-state index in [9.17, 15) is 19.5 Å². The van der Waals surface area contributed by atoms with E-state index < -0.39 is 17.9 Å². The van der Waals surface area contributed by atoms with E-state index in [0.717, 1.165) is 0 Å². The number of benzene rings is 1. The lowest BCUT2D eigenvalue weighted by molar-refractivity contribution is -0.137. The van der Waals surface area contributed by atoms with Gasteiger partial charge in [0, 0.05) is 24.5 Å². The third kappa shape index (κ3) is 7.00. The van der Waals surface area contributed by atoms with Crippen LogP contribution in [-0.4, -0.2) is 27.9 Å². The number of nitrogens with one attached hydrogen (secondary N) is 2. The second kappa shape index (κ2) is 9.91. The summed E-state index contributed by atoms with van der Waals surface area (Å²) < 4.78 is 0. The first-order valence-electron chi connectivity index (χ1n) is 9.18. The minimum Gasteiger partial charge on any atom is -0.481 e. The molecule has 0 bridgehead atoms. The summed E-state index contributed by atoms with van der Waals surface area (Å²) in [7, 11) is 0. The summed E-state index contributed by atoms with van der Waals surface area (Å²) in [5.41, 5.74) is 0.956. The van der Waals surface area contributed by atoms with Gasteiger partial charge >= 0.3 is 5.97 Å². The molecule has 0 aliphatic heterocycles. The molecule has 0 spiro atoms. The normalized spacial score (nSPS) is 12.2. The Morgan fingerprint density at radius 1 is 1.07 bits per heavy atom. The standard InChI is InChI=1S/C21H23Cl2N3O4/c1-21(2,3)9-17(27)26-16(8-18(28)29)12-4-6-13(7-5-12)25-20(30)19-14(22)10-24-11-15(19)23/h4-7,10-11,16H,8-9H2,1-3H3,(H,25,30)(H,26,27)(H,28,29). The Morgan fingerprint density at radius 2 is 1.63 bits per heavy atom. The van der Waals surface area contributed by atoms with Gasteiger partial charge in [-0.15, -0.1) is 0 Å². The van der Waals surface area contributed by atoms with Crippen LogP contribution in [0.5, 0.6) is 0 Å². The summed E-state index contributed by atoms with van der Waals surface area (Å²) in [5.74, 6) is -1.76. The predicted octanol–water partition coefficient (Wildman–Crippen LogP) is 4.71. The van der Waals surface area contributed by atoms with E-state index in [4.69, 9.17) is 23.2 Å². The molecule has 1 aromatic carbocycles. The van der Waals surface area contributed by atoms with Crippen LogP contribution in [0.15, 0.2) is 36.7 Å². The molecule has 1 heterocycles. The molecule has 0 radical (unpaired) electrons. The molecule has 7 nitrogen and oxygen atoms in total. The number of carboxylic acids is 1. The zero-order valence-corrected chi connectivity index (χ0v) is 18.3. The van der Waals surface area contributed by atoms with Crippen LogP contribution in [0.25, 0.3) is 0 Å². The van der Waals surface area contributed by atoms with Crippen LogP contribution in [-0.2, 0) is 9.59 Å². The number of hydrogen-bond donors (Lipinski definition) is 3. The molecule has 2 amide bonds. The highest BCUT2D eigenvalue weighted by Crippen LogP contribution is 2.25. The fourth-order valence-electron chi connectivity index (χ4n) is 2.77. The minimum atomic E-state index is -1.03. The smallest absolute Gasteiger partial charge is 0.305 e. The van der Waals surface area contributed by atoms with Gasteiger partial charge < -0.3 is 15.7 Å². The summed E-state index contributed by atoms with van der Waals surface area (Å²) in [6, 6.07) is 5.83. The van der Waals surface area contributed by atoms with Crippen molar-refractivity contribution in [2.45, 2.75) is 39.7 Å². The van der Waals surface area contributed by atoms with E-state index >= 15 is 0 Å². The number of amides is 2. The maximum atomic E-state index is 12.5. The highest BCUT2D eigenvalue weighted by molar-refractivity contribution is 6.40. The van der Waals surface area contributed by atoms with Crippen molar-refractivity contribution in [2.75, 3.05) is 5.32 Å². The molecule has 0 saturated heterocycles. The van der Waals surface area contributed by atoms with Crippen LogP contribution >= 0.6 is 23.2 Å². The first kappa shape index (κ1) is 23.6. The number of pyridine rings is 1. The molecule has 2 aromatic rings. The van der Waals surface area contributed by atoms with Crippen LogP contribution in [0.3, 0.4) is 0 Å². The van der Waals surface area contributed by atoms with E-state index in [0.29, 0.717) is 11.3 Å². The number of hydrogen-bond acceptors (Lipinski definition) is 4. The fraction of sp³-hybridized carbons (Fsp3) is 0.333. The highest BCUT2D eigenvalue weighted by Gasteiger charge is 2.22. The van der Waals surface area contributed by atoms with Gasteiger partial charge in [-0.25, -0.2) is 0 Å². The zero-order valence-electron chi connectivity index (χ0n) is 16.8. The number of aliphatic carboxylic acids is 1. The first-order valence-corrected chi connectivity index (χ1v) is 9.93. The number of rotatable bonds is 7. The molecule has 1 atom stereocenters. The maximum Gasteiger partial charge on any atom is 0.305 e. The Morgan fingerprint density at radius 3 is 2.13 bits per heavy atom. The molecule has 0 aliphatic carbocycles. The van der Waals surface area contributed by atoms with E-state index in [2.05, 4.69) is 15.6 Å². The van der Waals surface area contributed by atoms with Crippen molar-refractivity contribution in [3.8, 4) is 0 Å². The van der Waals surface area contributed by atoms with E-state index in [1.54, 1.807) is 24.3 Å². The molecular formula is C21H23Cl2N3O4. The average molecular weight is 452 g/mol. The molecule has 3 N–H and O–H groups in total. The van der Waals surface area contributed by atoms with Gasteiger partial charge in [-0.05, 0) is 23.1 Å². The third-order valence-electron chi connectivity index (χ3n) is 4.06. The van der Waals surface area contributed by atoms with Gasteiger partial charge in [-0.1, -0.05) is 56.1 Å². The number of aromatic nitrogens is 1. The summed E-state index contributed by atoms with van der Waals surface area (Å²) in [6.07, 6.45) is 2.65. The maximum absolute atomic E-state index is 12.5. The quantitative estimate of drug-likeness (QED) is 0.564. The molecule has 9 heteroatoms. The second-order valence-corrected chi connectivity index (χ2v) is 8.82. The molecule has 1 unspecified atom stereocenters. The minimum absolute atomic E-state index is 0.107. The summed E-state index contributed by atoms with van der Waals surface area (Å²) >= 11 is 12.0. The molecule has 0 saturated carbocycles. The van der Waals surface area contributed by atoms with Crippen LogP contribution in [0.1, 0.15) is 55.6 Å². The van der Waals surface area contributed by atoms with Crippen molar-refractivity contribution < 1.29 is 19.5 Å². The Labute approximate surface area is 184 Å². The number of halogens is 2. The summed E-state index contributed by atoms with van der Waals surface area (Å²) in [6.45, 7) is 5.78. The van der Waals surface area contributed by atoms with Crippen molar-refractivity contribution in [1.29, 1.82) is 0 Å². The van der Waals surface area contributed by atoms with Gasteiger partial charge in [0.15, 0.2) is 0 Å². The Balaban J connectivity index is 2.15. The number of carbonyl (C=O) groups excluding carboxylic acids is 2. The second-order valence-electron chi connectivity index (χ2n) is 8.01. The molecule has 160 valence electrons. The van der Waals surface area contributed by atoms with Crippen molar-refractivity contribution in [3.05, 3.63) is 57.8 Å². The topological polar surface area (TPSA) is 108 Å². The van der Waals surface area contributed by atoms with Gasteiger partial charge in [0.25, 0.3) is 5.91 Å². The Hall–Kier alpha value is -2.64. The fourth-order valence-corrected chi connectivity index (χ4v) is 3.31. The molecule has 0 aliphatic rings. The largest absolute Gasteiger partial charge is 0.481 e. The number of carbonyl (C=O) groups is 3. The van der Waals surface area contributed by atoms with Crippen LogP contribution < -0.4 is 10.6 Å². The van der Waals surface area contributed by atoms with E-state index in [-0.39, 0.29) is 39.8 Å². The zero-order chi connectivity index (χ0) is 22.5. The molecule has 1 aromatic heterocycles. The van der Waals surface area contributed by atoms with Gasteiger partial charge in [0.05, 0.1) is 28.1 Å². The number of anilines is 1. The molecular weight excluding hydrogens is 429 g/mol. The third-order valence-corrected chi connectivity index (χ3v) is 4.63. The van der Waals surface area contributed by atoms with Crippen LogP contribution in [0, 0.1) is 5.41 Å². The highest BCUT2D eigenvalue weighted by atomic mass is 35.5. The summed E-state index contributed by atoms with van der Waals surface area (Å²) in [5, 5.41) is 14.9. The van der Waals surface area contributed by atoms with Gasteiger partial charge in [0.1, 0.15) is 0 Å². The van der Waals surface area contributed by atoms with Gasteiger partial charge in [0.2, 0.25) is 5.91 Å². The lowest BCUT2D eigenvalue weighted by Crippen LogP contribution is -2.32. The lowest BCUT2D eigenvalue weighted by Gasteiger charge is -2.22. The summed E-state index contributed by atoms with van der Waals surface area (Å²) in [4.78, 5) is 39.8. The van der Waals surface area contributed by atoms with Gasteiger partial charge in [-0.2, -0.15) is 0 Å². The SMILES string of the molecule is CC(C)(C)CC(=O)NC(CC(=O)O)c1ccc(NC(=O)c2c(Cl)cncc2Cl)cc1. The average Bonchev–Trinajstić information content (AvgIpc) is 2.59. The van der Waals surface area contributed by atoms with Crippen molar-refractivity contribution in [1.82, 2.24) is 10.3 Å². The van der Waals surface area contributed by atoms with Crippen molar-refractivity contribution in [3.63, 3.8) is 0 Å². The van der Waals surface area contributed by atoms with E-state index in [1.807, 2.05) is 20.8 Å². The van der Waals surface area contributed by atoms with Gasteiger partial charge in [-0.3, -0.25) is 19.4 Å². The molecule has 2 rings (SSSR count). The van der Waals surface area contributed by atoms with Crippen LogP contribution in [0.2, 0.25) is 10.0 Å². The Kier molecular flexibility index (Phi) is 7.81. The first-order chi connectivity index (χ1) is 14.0. The molecule has 30 heavy (non-hydrogen) atoms. The Bertz CT molecular complexity index is 920. The predicted molar refractivity (Wildman–Crippen MR) is 116 cm³/mol. The number of nitrogens with zero attached hydrogens (tertiary/aromatic N) is 1. The van der Waals surface area contributed by atoms with Crippen molar-refractivity contribution in [2.24, 2.45) is 5.41 Å². The monoisotopic (exact) mass is 451 g/mol. The molecule has 0 fully saturated rings. The van der Waals surface area contributed by atoms with E-state index in [1.165, 1.54) is 12.4 Å². The van der Waals surface area contributed by atoms with Crippen molar-refractivity contribution >= 4 is 46.7 Å².